The van der Waals surface area contributed by atoms with Crippen molar-refractivity contribution >= 4 is 45.8 Å². The molecule has 29 heavy (non-hydrogen) atoms. The summed E-state index contributed by atoms with van der Waals surface area (Å²) in [4.78, 5) is 32.9. The van der Waals surface area contributed by atoms with Crippen LogP contribution in [0.3, 0.4) is 0 Å². The number of ketones is 1. The Hall–Kier alpha value is -2.78. The lowest BCUT2D eigenvalue weighted by molar-refractivity contribution is -0.133. The second-order valence-electron chi connectivity index (χ2n) is 6.12. The Morgan fingerprint density at radius 3 is 2.69 bits per heavy atom. The Kier molecular flexibility index (Phi) is 6.95. The van der Waals surface area contributed by atoms with Gasteiger partial charge >= 0.3 is 5.97 Å². The molecule has 150 valence electrons. The third-order valence-corrected chi connectivity index (χ3v) is 6.33. The number of halogens is 1. The summed E-state index contributed by atoms with van der Waals surface area (Å²) in [6, 6.07) is 11.5. The predicted octanol–water partition coefficient (Wildman–Crippen LogP) is 4.86. The van der Waals surface area contributed by atoms with Gasteiger partial charge in [0.25, 0.3) is 0 Å². The molecule has 0 bridgehead atoms. The Balaban J connectivity index is 1.78. The number of carboxylic acid groups (broad SMARTS) is 1. The van der Waals surface area contributed by atoms with Gasteiger partial charge in [-0.3, -0.25) is 9.59 Å². The Bertz CT molecular complexity index is 1010. The van der Waals surface area contributed by atoms with Crippen LogP contribution in [0.5, 0.6) is 0 Å². The highest BCUT2D eigenvalue weighted by Gasteiger charge is 2.24. The Morgan fingerprint density at radius 2 is 2.00 bits per heavy atom. The van der Waals surface area contributed by atoms with Crippen molar-refractivity contribution in [3.05, 3.63) is 70.6 Å². The second-order valence-corrected chi connectivity index (χ2v) is 8.31. The summed E-state index contributed by atoms with van der Waals surface area (Å²) in [5, 5.41) is 12.0. The number of hydrogen-bond acceptors (Lipinski definition) is 7. The first kappa shape index (κ1) is 20.9. The number of carbonyl (C=O) groups is 2. The molecule has 0 amide bonds. The number of hydrogen-bond donors (Lipinski definition) is 2. The van der Waals surface area contributed by atoms with E-state index in [1.807, 2.05) is 6.07 Å². The summed E-state index contributed by atoms with van der Waals surface area (Å²) >= 11 is 2.23. The fraction of sp³-hybridized carbons (Fsp3) is 0.200. The van der Waals surface area contributed by atoms with Crippen molar-refractivity contribution in [2.45, 2.75) is 18.6 Å². The SMILES string of the molecule is Cc1nc(Nc2ccccn2)sc1C(=O)CC(SCC(=O)O)c1ccccc1F. The van der Waals surface area contributed by atoms with Gasteiger partial charge in [-0.1, -0.05) is 35.6 Å². The molecule has 1 aromatic carbocycles. The first-order valence-corrected chi connectivity index (χ1v) is 10.6. The number of thiazole rings is 1. The van der Waals surface area contributed by atoms with Gasteiger partial charge in [0.15, 0.2) is 10.9 Å². The minimum absolute atomic E-state index is 0.0229. The van der Waals surface area contributed by atoms with E-state index in [-0.39, 0.29) is 18.0 Å². The van der Waals surface area contributed by atoms with E-state index in [9.17, 15) is 14.0 Å². The lowest BCUT2D eigenvalue weighted by Gasteiger charge is -2.16. The van der Waals surface area contributed by atoms with E-state index in [1.54, 1.807) is 43.5 Å². The van der Waals surface area contributed by atoms with Crippen LogP contribution in [0.1, 0.15) is 32.6 Å². The molecule has 3 aromatic rings. The lowest BCUT2D eigenvalue weighted by Crippen LogP contribution is -2.09. The maximum Gasteiger partial charge on any atom is 0.313 e. The number of pyridine rings is 1. The summed E-state index contributed by atoms with van der Waals surface area (Å²) in [5.41, 5.74) is 0.884. The van der Waals surface area contributed by atoms with Gasteiger partial charge in [-0.2, -0.15) is 0 Å². The minimum atomic E-state index is -1.01. The van der Waals surface area contributed by atoms with Gasteiger partial charge in [0.1, 0.15) is 11.6 Å². The van der Waals surface area contributed by atoms with Crippen LogP contribution >= 0.6 is 23.1 Å². The van der Waals surface area contributed by atoms with Crippen LogP contribution in [-0.2, 0) is 4.79 Å². The lowest BCUT2D eigenvalue weighted by atomic mass is 10.1. The Morgan fingerprint density at radius 1 is 1.24 bits per heavy atom. The number of nitrogens with zero attached hydrogens (tertiary/aromatic N) is 2. The number of benzene rings is 1. The largest absolute Gasteiger partial charge is 0.481 e. The molecule has 0 saturated heterocycles. The fourth-order valence-corrected chi connectivity index (χ4v) is 4.59. The van der Waals surface area contributed by atoms with E-state index in [1.165, 1.54) is 17.4 Å². The van der Waals surface area contributed by atoms with Gasteiger partial charge in [0.2, 0.25) is 0 Å². The number of aryl methyl sites for hydroxylation is 1. The molecule has 0 saturated carbocycles. The molecule has 6 nitrogen and oxygen atoms in total. The van der Waals surface area contributed by atoms with Crippen molar-refractivity contribution < 1.29 is 19.1 Å². The zero-order valence-electron chi connectivity index (χ0n) is 15.5. The van der Waals surface area contributed by atoms with Gasteiger partial charge in [0, 0.05) is 23.4 Å². The van der Waals surface area contributed by atoms with Crippen LogP contribution < -0.4 is 5.32 Å². The smallest absolute Gasteiger partial charge is 0.313 e. The molecule has 1 unspecified atom stereocenters. The maximum absolute atomic E-state index is 14.2. The monoisotopic (exact) mass is 431 g/mol. The number of anilines is 2. The van der Waals surface area contributed by atoms with E-state index in [0.717, 1.165) is 11.8 Å². The van der Waals surface area contributed by atoms with E-state index < -0.39 is 17.0 Å². The van der Waals surface area contributed by atoms with Crippen molar-refractivity contribution in [1.29, 1.82) is 0 Å². The summed E-state index contributed by atoms with van der Waals surface area (Å²) in [7, 11) is 0. The summed E-state index contributed by atoms with van der Waals surface area (Å²) < 4.78 is 14.2. The van der Waals surface area contributed by atoms with Crippen molar-refractivity contribution in [3.8, 4) is 0 Å². The number of carbonyl (C=O) groups excluding carboxylic acids is 1. The highest BCUT2D eigenvalue weighted by molar-refractivity contribution is 8.00. The molecule has 1 atom stereocenters. The molecule has 3 rings (SSSR count). The third-order valence-electron chi connectivity index (χ3n) is 3.98. The molecule has 0 spiro atoms. The molecule has 0 fully saturated rings. The van der Waals surface area contributed by atoms with Gasteiger partial charge < -0.3 is 10.4 Å². The topological polar surface area (TPSA) is 92.2 Å². The van der Waals surface area contributed by atoms with Gasteiger partial charge in [-0.25, -0.2) is 14.4 Å². The highest BCUT2D eigenvalue weighted by Crippen LogP contribution is 2.36. The maximum atomic E-state index is 14.2. The molecule has 0 aliphatic carbocycles. The molecule has 0 aliphatic heterocycles. The summed E-state index contributed by atoms with van der Waals surface area (Å²) in [6.45, 7) is 1.73. The van der Waals surface area contributed by atoms with Gasteiger partial charge in [-0.15, -0.1) is 11.8 Å². The minimum Gasteiger partial charge on any atom is -0.481 e. The number of nitrogens with one attached hydrogen (secondary N) is 1. The van der Waals surface area contributed by atoms with Crippen molar-refractivity contribution in [2.24, 2.45) is 0 Å². The molecular formula is C20H18FN3O3S2. The van der Waals surface area contributed by atoms with E-state index in [2.05, 4.69) is 15.3 Å². The molecule has 0 radical (unpaired) electrons. The number of Topliss-reactive ketones (excluding diaryl/α,β-unsaturated/α-hetero) is 1. The third kappa shape index (κ3) is 5.61. The first-order chi connectivity index (χ1) is 13.9. The van der Waals surface area contributed by atoms with Crippen molar-refractivity contribution in [2.75, 3.05) is 11.1 Å². The van der Waals surface area contributed by atoms with Gasteiger partial charge in [-0.05, 0) is 25.1 Å². The van der Waals surface area contributed by atoms with Crippen LogP contribution in [-0.4, -0.2) is 32.6 Å². The first-order valence-electron chi connectivity index (χ1n) is 8.70. The van der Waals surface area contributed by atoms with Crippen LogP contribution in [0.25, 0.3) is 0 Å². The van der Waals surface area contributed by atoms with Crippen LogP contribution in [0.4, 0.5) is 15.3 Å². The van der Waals surface area contributed by atoms with E-state index in [0.29, 0.717) is 27.1 Å². The molecule has 2 heterocycles. The van der Waals surface area contributed by atoms with Crippen molar-refractivity contribution in [1.82, 2.24) is 9.97 Å². The molecule has 2 N–H and O–H groups in total. The molecular weight excluding hydrogens is 413 g/mol. The number of rotatable bonds is 9. The number of aliphatic carboxylic acids is 1. The number of aromatic nitrogens is 2. The molecule has 2 aromatic heterocycles. The number of thioether (sulfide) groups is 1. The van der Waals surface area contributed by atoms with Crippen LogP contribution in [0, 0.1) is 12.7 Å². The Labute approximate surface area is 175 Å². The van der Waals surface area contributed by atoms with E-state index >= 15 is 0 Å². The van der Waals surface area contributed by atoms with Crippen LogP contribution in [0.15, 0.2) is 48.7 Å². The second kappa shape index (κ2) is 9.62. The van der Waals surface area contributed by atoms with Crippen molar-refractivity contribution in [3.63, 3.8) is 0 Å². The molecule has 0 aliphatic rings. The normalized spacial score (nSPS) is 11.8. The zero-order valence-corrected chi connectivity index (χ0v) is 17.1. The quantitative estimate of drug-likeness (QED) is 0.467. The summed E-state index contributed by atoms with van der Waals surface area (Å²) in [6.07, 6.45) is 1.62. The highest BCUT2D eigenvalue weighted by atomic mass is 32.2. The van der Waals surface area contributed by atoms with Gasteiger partial charge in [0.05, 0.1) is 16.3 Å². The fourth-order valence-electron chi connectivity index (χ4n) is 2.68. The number of carboxylic acids is 1. The van der Waals surface area contributed by atoms with E-state index in [4.69, 9.17) is 5.11 Å². The average Bonchev–Trinajstić information content (AvgIpc) is 3.06. The molecule has 9 heteroatoms. The summed E-state index contributed by atoms with van der Waals surface area (Å²) in [5.74, 6) is -1.29. The zero-order chi connectivity index (χ0) is 20.8. The average molecular weight is 432 g/mol. The van der Waals surface area contributed by atoms with Crippen LogP contribution in [0.2, 0.25) is 0 Å². The standard InChI is InChI=1S/C20H18FN3O3S2/c1-12-19(29-20(23-12)24-17-8-4-5-9-22-17)15(25)10-16(28-11-18(26)27)13-6-2-3-7-14(13)21/h2-9,16H,10-11H2,1H3,(H,26,27)(H,22,23,24). The predicted molar refractivity (Wildman–Crippen MR) is 113 cm³/mol.